The van der Waals surface area contributed by atoms with E-state index >= 15 is 0 Å². The third kappa shape index (κ3) is 2.70. The highest BCUT2D eigenvalue weighted by molar-refractivity contribution is 7.89. The first-order valence-corrected chi connectivity index (χ1v) is 8.14. The zero-order valence-corrected chi connectivity index (χ0v) is 11.8. The molecule has 0 atom stereocenters. The van der Waals surface area contributed by atoms with Crippen LogP contribution < -0.4 is 5.32 Å². The summed E-state index contributed by atoms with van der Waals surface area (Å²) in [6.07, 6.45) is 1.98. The van der Waals surface area contributed by atoms with Crippen LogP contribution in [0.25, 0.3) is 0 Å². The van der Waals surface area contributed by atoms with Crippen LogP contribution in [0.1, 0.15) is 24.6 Å². The Kier molecular flexibility index (Phi) is 3.87. The standard InChI is InChI=1S/C11H18N2O2S2/c1-3-12-8-10-11(6-7-16-10)17(14,15)13(2)9-4-5-9/h6-7,9,12H,3-5,8H2,1-2H3. The summed E-state index contributed by atoms with van der Waals surface area (Å²) in [5, 5.41) is 5.02. The number of rotatable bonds is 6. The van der Waals surface area contributed by atoms with Crippen molar-refractivity contribution in [3.63, 3.8) is 0 Å². The van der Waals surface area contributed by atoms with E-state index in [9.17, 15) is 8.42 Å². The van der Waals surface area contributed by atoms with Gasteiger partial charge in [0.1, 0.15) is 0 Å². The Morgan fingerprint density at radius 1 is 1.53 bits per heavy atom. The number of hydrogen-bond acceptors (Lipinski definition) is 4. The van der Waals surface area contributed by atoms with Crippen LogP contribution in [0.3, 0.4) is 0 Å². The second-order valence-electron chi connectivity index (χ2n) is 4.24. The quantitative estimate of drug-likeness (QED) is 0.858. The van der Waals surface area contributed by atoms with E-state index in [1.165, 1.54) is 15.6 Å². The van der Waals surface area contributed by atoms with Gasteiger partial charge in [-0.25, -0.2) is 8.42 Å². The summed E-state index contributed by atoms with van der Waals surface area (Å²) in [6, 6.07) is 1.93. The molecule has 6 heteroatoms. The van der Waals surface area contributed by atoms with Gasteiger partial charge in [-0.1, -0.05) is 6.92 Å². The summed E-state index contributed by atoms with van der Waals surface area (Å²) in [5.74, 6) is 0. The smallest absolute Gasteiger partial charge is 0.244 e. The summed E-state index contributed by atoms with van der Waals surface area (Å²) in [5.41, 5.74) is 0. The molecule has 0 saturated heterocycles. The molecule has 0 aromatic carbocycles. The monoisotopic (exact) mass is 274 g/mol. The number of nitrogens with zero attached hydrogens (tertiary/aromatic N) is 1. The molecule has 0 spiro atoms. The van der Waals surface area contributed by atoms with Crippen molar-refractivity contribution in [2.45, 2.75) is 37.2 Å². The highest BCUT2D eigenvalue weighted by Gasteiger charge is 2.36. The molecule has 1 N–H and O–H groups in total. The van der Waals surface area contributed by atoms with Crippen molar-refractivity contribution in [1.82, 2.24) is 9.62 Å². The lowest BCUT2D eigenvalue weighted by Crippen LogP contribution is -2.29. The van der Waals surface area contributed by atoms with Gasteiger partial charge in [-0.15, -0.1) is 11.3 Å². The fraction of sp³-hybridized carbons (Fsp3) is 0.636. The second-order valence-corrected chi connectivity index (χ2v) is 7.21. The van der Waals surface area contributed by atoms with E-state index in [-0.39, 0.29) is 6.04 Å². The fourth-order valence-corrected chi connectivity index (χ4v) is 4.51. The Hall–Kier alpha value is -0.430. The summed E-state index contributed by atoms with van der Waals surface area (Å²) in [4.78, 5) is 1.37. The van der Waals surface area contributed by atoms with Crippen LogP contribution in [0, 0.1) is 0 Å². The Morgan fingerprint density at radius 2 is 2.24 bits per heavy atom. The molecule has 0 amide bonds. The van der Waals surface area contributed by atoms with Gasteiger partial charge < -0.3 is 5.32 Å². The van der Waals surface area contributed by atoms with Crippen molar-refractivity contribution in [3.05, 3.63) is 16.3 Å². The predicted molar refractivity (Wildman–Crippen MR) is 69.7 cm³/mol. The fourth-order valence-electron chi connectivity index (χ4n) is 1.72. The lowest BCUT2D eigenvalue weighted by atomic mass is 10.4. The molecular formula is C11H18N2O2S2. The maximum Gasteiger partial charge on any atom is 0.244 e. The molecule has 1 aromatic heterocycles. The van der Waals surface area contributed by atoms with Crippen molar-refractivity contribution in [3.8, 4) is 0 Å². The van der Waals surface area contributed by atoms with Crippen LogP contribution in [0.2, 0.25) is 0 Å². The van der Waals surface area contributed by atoms with Gasteiger partial charge in [-0.2, -0.15) is 4.31 Å². The van der Waals surface area contributed by atoms with E-state index < -0.39 is 10.0 Å². The lowest BCUT2D eigenvalue weighted by Gasteiger charge is -2.16. The minimum Gasteiger partial charge on any atom is -0.312 e. The van der Waals surface area contributed by atoms with E-state index in [2.05, 4.69) is 5.32 Å². The van der Waals surface area contributed by atoms with Gasteiger partial charge in [-0.3, -0.25) is 0 Å². The number of nitrogens with one attached hydrogen (secondary N) is 1. The van der Waals surface area contributed by atoms with Crippen molar-refractivity contribution in [1.29, 1.82) is 0 Å². The Bertz CT molecular complexity index is 477. The molecule has 96 valence electrons. The third-order valence-electron chi connectivity index (χ3n) is 2.96. The molecule has 0 unspecified atom stereocenters. The topological polar surface area (TPSA) is 49.4 Å². The average molecular weight is 274 g/mol. The third-order valence-corrected chi connectivity index (χ3v) is 6.00. The number of thiophene rings is 1. The first-order valence-electron chi connectivity index (χ1n) is 5.82. The molecule has 1 fully saturated rings. The molecule has 0 bridgehead atoms. The predicted octanol–water partition coefficient (Wildman–Crippen LogP) is 1.64. The van der Waals surface area contributed by atoms with Gasteiger partial charge in [0.25, 0.3) is 0 Å². The maximum atomic E-state index is 12.4. The largest absolute Gasteiger partial charge is 0.312 e. The highest BCUT2D eigenvalue weighted by Crippen LogP contribution is 2.32. The molecular weight excluding hydrogens is 256 g/mol. The van der Waals surface area contributed by atoms with E-state index in [0.717, 1.165) is 24.3 Å². The molecule has 4 nitrogen and oxygen atoms in total. The number of sulfonamides is 1. The van der Waals surface area contributed by atoms with Crippen LogP contribution in [0.4, 0.5) is 0 Å². The minimum absolute atomic E-state index is 0.215. The molecule has 1 heterocycles. The Labute approximate surface area is 107 Å². The van der Waals surface area contributed by atoms with Crippen LogP contribution in [0.5, 0.6) is 0 Å². The Morgan fingerprint density at radius 3 is 2.82 bits per heavy atom. The Balaban J connectivity index is 2.23. The van der Waals surface area contributed by atoms with Gasteiger partial charge in [0.2, 0.25) is 10.0 Å². The minimum atomic E-state index is -3.29. The van der Waals surface area contributed by atoms with Crippen molar-refractivity contribution >= 4 is 21.4 Å². The molecule has 1 saturated carbocycles. The zero-order chi connectivity index (χ0) is 12.5. The molecule has 1 aliphatic carbocycles. The lowest BCUT2D eigenvalue weighted by molar-refractivity contribution is 0.463. The molecule has 0 aliphatic heterocycles. The van der Waals surface area contributed by atoms with Crippen LogP contribution >= 0.6 is 11.3 Å². The van der Waals surface area contributed by atoms with Crippen molar-refractivity contribution in [2.24, 2.45) is 0 Å². The maximum absolute atomic E-state index is 12.4. The van der Waals surface area contributed by atoms with E-state index in [0.29, 0.717) is 11.4 Å². The number of hydrogen-bond donors (Lipinski definition) is 1. The SMILES string of the molecule is CCNCc1sccc1S(=O)(=O)N(C)C1CC1. The van der Waals surface area contributed by atoms with Gasteiger partial charge >= 0.3 is 0 Å². The molecule has 0 radical (unpaired) electrons. The van der Waals surface area contributed by atoms with E-state index in [1.807, 2.05) is 12.3 Å². The van der Waals surface area contributed by atoms with Crippen molar-refractivity contribution in [2.75, 3.05) is 13.6 Å². The molecule has 1 aliphatic rings. The van der Waals surface area contributed by atoms with E-state index in [1.54, 1.807) is 13.1 Å². The van der Waals surface area contributed by atoms with Gasteiger partial charge in [0.05, 0.1) is 4.90 Å². The summed E-state index contributed by atoms with van der Waals surface area (Å²) >= 11 is 1.50. The normalized spacial score (nSPS) is 16.6. The van der Waals surface area contributed by atoms with Gasteiger partial charge in [0.15, 0.2) is 0 Å². The van der Waals surface area contributed by atoms with Gasteiger partial charge in [-0.05, 0) is 30.8 Å². The molecule has 1 aromatic rings. The van der Waals surface area contributed by atoms with E-state index in [4.69, 9.17) is 0 Å². The summed E-state index contributed by atoms with van der Waals surface area (Å²) in [7, 11) is -1.61. The zero-order valence-electron chi connectivity index (χ0n) is 10.1. The highest BCUT2D eigenvalue weighted by atomic mass is 32.2. The molecule has 2 rings (SSSR count). The summed E-state index contributed by atoms with van der Waals surface area (Å²) in [6.45, 7) is 3.48. The van der Waals surface area contributed by atoms with Gasteiger partial charge in [0, 0.05) is 24.5 Å². The first-order chi connectivity index (χ1) is 8.07. The van der Waals surface area contributed by atoms with Crippen LogP contribution in [-0.2, 0) is 16.6 Å². The second kappa shape index (κ2) is 5.06. The first kappa shape index (κ1) is 13.0. The van der Waals surface area contributed by atoms with Crippen molar-refractivity contribution < 1.29 is 8.42 Å². The van der Waals surface area contributed by atoms with Crippen LogP contribution in [-0.4, -0.2) is 32.4 Å². The average Bonchev–Trinajstić information content (AvgIpc) is 3.03. The summed E-state index contributed by atoms with van der Waals surface area (Å²) < 4.78 is 26.2. The molecule has 17 heavy (non-hydrogen) atoms. The van der Waals surface area contributed by atoms with Crippen LogP contribution in [0.15, 0.2) is 16.3 Å².